The second kappa shape index (κ2) is 12.4. The number of fused-ring (bicyclic) bond motifs is 12. The quantitative estimate of drug-likeness (QED) is 0.154. The maximum atomic E-state index is 5.87. The molecule has 0 aromatic carbocycles. The van der Waals surface area contributed by atoms with E-state index < -0.39 is 16.1 Å². The molecule has 16 bridgehead atoms. The number of allylic oxidation sites excluding steroid dienone is 12. The molecule has 0 saturated heterocycles. The zero-order chi connectivity index (χ0) is 40.4. The SMILES string of the molecule is C[Si](C)(C)C#Cc1c2nc(cc3[nH]c(c4c3C3C=CC4CC3)c(C=C[Si](C)(C)C)c3[nH]c(cc4nc1C1=C4C4C=CC1CC4)c1c3C3C=CC1CC3)C1=C2C2C=CC1CC2. The number of nitrogens with one attached hydrogen (secondary N) is 2. The zero-order valence-corrected chi connectivity index (χ0v) is 38.1. The van der Waals surface area contributed by atoms with Crippen LogP contribution in [0.4, 0.5) is 0 Å². The number of rotatable bonds is 2. The maximum absolute atomic E-state index is 5.87. The first-order valence-corrected chi connectivity index (χ1v) is 30.4. The maximum Gasteiger partial charge on any atom is 0.129 e. The average Bonchev–Trinajstić information content (AvgIpc) is 4.04. The van der Waals surface area contributed by atoms with Crippen molar-refractivity contribution in [3.8, 4) is 11.5 Å². The third-order valence-corrected chi connectivity index (χ3v) is 17.7. The first kappa shape index (κ1) is 36.0. The van der Waals surface area contributed by atoms with Crippen LogP contribution in [0.2, 0.25) is 39.3 Å². The van der Waals surface area contributed by atoms with Gasteiger partial charge in [0, 0.05) is 63.9 Å². The largest absolute Gasteiger partial charge is 0.354 e. The molecule has 3 aromatic heterocycles. The summed E-state index contributed by atoms with van der Waals surface area (Å²) in [6.45, 7) is 14.5. The van der Waals surface area contributed by atoms with E-state index in [-0.39, 0.29) is 0 Å². The van der Waals surface area contributed by atoms with Crippen LogP contribution in [-0.2, 0) is 0 Å². The van der Waals surface area contributed by atoms with Crippen molar-refractivity contribution in [2.45, 2.75) is 114 Å². The molecular weight excluding hydrogens is 761 g/mol. The Morgan fingerprint density at radius 3 is 1.28 bits per heavy atom. The van der Waals surface area contributed by atoms with Crippen LogP contribution in [0.25, 0.3) is 50.4 Å². The second-order valence-corrected chi connectivity index (χ2v) is 31.6. The minimum absolute atomic E-state index is 0.360. The van der Waals surface area contributed by atoms with Crippen LogP contribution in [0.1, 0.15) is 131 Å². The summed E-state index contributed by atoms with van der Waals surface area (Å²) < 4.78 is 0. The van der Waals surface area contributed by atoms with E-state index in [1.807, 2.05) is 0 Å². The van der Waals surface area contributed by atoms with Crippen molar-refractivity contribution < 1.29 is 0 Å². The summed E-state index contributed by atoms with van der Waals surface area (Å²) in [7, 11) is -3.33. The highest BCUT2D eigenvalue weighted by atomic mass is 28.3. The van der Waals surface area contributed by atoms with Crippen molar-refractivity contribution in [3.63, 3.8) is 0 Å². The van der Waals surface area contributed by atoms with Crippen LogP contribution in [-0.4, -0.2) is 36.1 Å². The minimum atomic E-state index is -1.76. The molecule has 300 valence electrons. The average molecular weight is 817 g/mol. The number of hydrogen-bond acceptors (Lipinski definition) is 2. The fourth-order valence-electron chi connectivity index (χ4n) is 13.0. The molecule has 6 heteroatoms. The Bertz CT molecular complexity index is 2790. The Hall–Kier alpha value is -4.71. The van der Waals surface area contributed by atoms with Crippen molar-refractivity contribution >= 4 is 66.6 Å². The molecule has 8 unspecified atom stereocenters. The smallest absolute Gasteiger partial charge is 0.129 e. The number of aromatic nitrogens is 4. The van der Waals surface area contributed by atoms with Crippen LogP contribution in [0.3, 0.4) is 0 Å². The number of nitrogens with zero attached hydrogens (tertiary/aromatic N) is 2. The van der Waals surface area contributed by atoms with Crippen LogP contribution in [0, 0.1) is 35.1 Å². The lowest BCUT2D eigenvalue weighted by atomic mass is 9.69. The fraction of sp³-hybridized carbons (Fsp3) is 0.407. The molecule has 0 saturated carbocycles. The topological polar surface area (TPSA) is 57.4 Å². The third kappa shape index (κ3) is 5.21. The first-order valence-electron chi connectivity index (χ1n) is 23.3. The third-order valence-electron chi connectivity index (χ3n) is 15.6. The Kier molecular flexibility index (Phi) is 7.47. The van der Waals surface area contributed by atoms with Crippen LogP contribution < -0.4 is 0 Å². The van der Waals surface area contributed by atoms with Crippen molar-refractivity contribution in [1.29, 1.82) is 0 Å². The van der Waals surface area contributed by atoms with E-state index in [1.165, 1.54) is 124 Å². The molecule has 0 spiro atoms. The molecule has 12 aliphatic carbocycles. The predicted molar refractivity (Wildman–Crippen MR) is 256 cm³/mol. The summed E-state index contributed by atoms with van der Waals surface area (Å²) in [5.74, 6) is 7.08. The van der Waals surface area contributed by atoms with E-state index in [2.05, 4.69) is 133 Å². The van der Waals surface area contributed by atoms with E-state index in [9.17, 15) is 0 Å². The molecule has 3 aromatic rings. The Morgan fingerprint density at radius 1 is 0.517 bits per heavy atom. The number of aromatic amines is 2. The molecular formula is C54H56N4Si2. The summed E-state index contributed by atoms with van der Waals surface area (Å²) >= 11 is 0. The predicted octanol–water partition coefficient (Wildman–Crippen LogP) is 13.5. The van der Waals surface area contributed by atoms with Gasteiger partial charge in [0.25, 0.3) is 0 Å². The molecule has 8 atom stereocenters. The Labute approximate surface area is 356 Å². The van der Waals surface area contributed by atoms with Crippen LogP contribution in [0.15, 0.2) is 66.4 Å². The van der Waals surface area contributed by atoms with Gasteiger partial charge in [0.1, 0.15) is 8.07 Å². The Morgan fingerprint density at radius 2 is 0.900 bits per heavy atom. The minimum Gasteiger partial charge on any atom is -0.354 e. The van der Waals surface area contributed by atoms with Crippen molar-refractivity contribution in [1.82, 2.24) is 19.9 Å². The van der Waals surface area contributed by atoms with E-state index >= 15 is 0 Å². The van der Waals surface area contributed by atoms with Gasteiger partial charge < -0.3 is 9.97 Å². The molecule has 17 rings (SSSR count). The highest BCUT2D eigenvalue weighted by Crippen LogP contribution is 2.57. The summed E-state index contributed by atoms with van der Waals surface area (Å²) in [5, 5.41) is 0. The zero-order valence-electron chi connectivity index (χ0n) is 36.1. The summed E-state index contributed by atoms with van der Waals surface area (Å²) in [5.41, 5.74) is 30.4. The van der Waals surface area contributed by atoms with Crippen LogP contribution in [0.5, 0.6) is 0 Å². The van der Waals surface area contributed by atoms with Crippen LogP contribution >= 0.6 is 0 Å². The molecule has 2 aliphatic heterocycles. The van der Waals surface area contributed by atoms with Gasteiger partial charge >= 0.3 is 0 Å². The molecule has 5 heterocycles. The molecule has 0 amide bonds. The van der Waals surface area contributed by atoms with Crippen molar-refractivity contribution in [2.75, 3.05) is 0 Å². The summed E-state index contributed by atoms with van der Waals surface area (Å²) in [6.07, 6.45) is 32.2. The highest BCUT2D eigenvalue weighted by Gasteiger charge is 2.43. The normalized spacial score (nSPS) is 29.7. The standard InChI is InChI=1S/C54H56N4Si2/c1-59(2,3)25-23-37-51-47-33-15-7-29(8-16-33)43(47)39(55-51)27-41-45-31-11-19-35(20-12-31)49(45)53(57-41)38(24-26-60(4,5)6)54-50-36-21-13-32(14-22-36)46(50)42(58-54)28-40-44-30-9-17-34(18-10-30)48(44)52(37)56-40/h7,9,11,13,15,17,19,21,23,25,27-36,55-56H,8,10,12,14,16,18,20,22H2,1-6H3. The van der Waals surface area contributed by atoms with E-state index in [4.69, 9.17) is 9.97 Å². The van der Waals surface area contributed by atoms with Gasteiger partial charge in [-0.2, -0.15) is 0 Å². The lowest BCUT2D eigenvalue weighted by Crippen LogP contribution is -2.20. The summed E-state index contributed by atoms with van der Waals surface area (Å²) in [6, 6.07) is 4.97. The molecule has 60 heavy (non-hydrogen) atoms. The Balaban J connectivity index is 1.25. The fourth-order valence-corrected chi connectivity index (χ4v) is 14.2. The number of H-pyrrole nitrogens is 2. The molecule has 0 radical (unpaired) electrons. The van der Waals surface area contributed by atoms with Gasteiger partial charge in [-0.15, -0.1) is 5.54 Å². The highest BCUT2D eigenvalue weighted by molar-refractivity contribution is 6.84. The van der Waals surface area contributed by atoms with Crippen molar-refractivity contribution in [3.05, 3.63) is 123 Å². The lowest BCUT2D eigenvalue weighted by molar-refractivity contribution is 0.557. The van der Waals surface area contributed by atoms with E-state index in [1.54, 1.807) is 0 Å². The lowest BCUT2D eigenvalue weighted by Gasteiger charge is -2.34. The molecule has 4 nitrogen and oxygen atoms in total. The van der Waals surface area contributed by atoms with Gasteiger partial charge in [-0.05, 0) is 108 Å². The molecule has 0 fully saturated rings. The van der Waals surface area contributed by atoms with Crippen molar-refractivity contribution in [2.24, 2.45) is 23.7 Å². The van der Waals surface area contributed by atoms with E-state index in [0.29, 0.717) is 47.3 Å². The second-order valence-electron chi connectivity index (χ2n) is 21.8. The molecule has 14 aliphatic rings. The summed E-state index contributed by atoms with van der Waals surface area (Å²) in [4.78, 5) is 20.3. The van der Waals surface area contributed by atoms with Gasteiger partial charge in [0.2, 0.25) is 0 Å². The van der Waals surface area contributed by atoms with Gasteiger partial charge in [-0.1, -0.05) is 106 Å². The van der Waals surface area contributed by atoms with Gasteiger partial charge in [0.05, 0.1) is 47.4 Å². The van der Waals surface area contributed by atoms with Gasteiger partial charge in [-0.3, -0.25) is 0 Å². The van der Waals surface area contributed by atoms with Gasteiger partial charge in [-0.25, -0.2) is 9.97 Å². The first-order chi connectivity index (χ1) is 29.0. The number of hydrogen-bond donors (Lipinski definition) is 2. The monoisotopic (exact) mass is 816 g/mol. The van der Waals surface area contributed by atoms with E-state index in [0.717, 1.165) is 28.3 Å². The molecule has 2 N–H and O–H groups in total. The van der Waals surface area contributed by atoms with Gasteiger partial charge in [0.15, 0.2) is 0 Å².